The molecule has 1 aromatic heterocycles. The highest BCUT2D eigenvalue weighted by Crippen LogP contribution is 2.40. The van der Waals surface area contributed by atoms with Crippen LogP contribution >= 0.6 is 31.9 Å². The lowest BCUT2D eigenvalue weighted by molar-refractivity contribution is 0.281. The fourth-order valence-electron chi connectivity index (χ4n) is 3.21. The van der Waals surface area contributed by atoms with Crippen LogP contribution in [0.15, 0.2) is 39.3 Å². The van der Waals surface area contributed by atoms with Crippen molar-refractivity contribution in [3.05, 3.63) is 44.8 Å². The van der Waals surface area contributed by atoms with E-state index in [0.29, 0.717) is 5.92 Å². The first-order valence-electron chi connectivity index (χ1n) is 9.11. The minimum absolute atomic E-state index is 0.192. The van der Waals surface area contributed by atoms with Gasteiger partial charge in [0, 0.05) is 23.2 Å². The maximum absolute atomic E-state index is 9.19. The first kappa shape index (κ1) is 20.4. The number of benzene rings is 2. The lowest BCUT2D eigenvalue weighted by atomic mass is 10.0. The van der Waals surface area contributed by atoms with E-state index in [0.717, 1.165) is 56.5 Å². The summed E-state index contributed by atoms with van der Waals surface area (Å²) in [6, 6.07) is 10.6. The maximum atomic E-state index is 9.19. The number of aliphatic hydroxyl groups is 1. The van der Waals surface area contributed by atoms with E-state index >= 15 is 0 Å². The summed E-state index contributed by atoms with van der Waals surface area (Å²) in [5, 5.41) is 9.19. The van der Waals surface area contributed by atoms with Crippen LogP contribution in [0.4, 0.5) is 0 Å². The third-order valence-electron chi connectivity index (χ3n) is 4.72. The molecule has 3 aromatic rings. The van der Waals surface area contributed by atoms with Crippen molar-refractivity contribution in [2.45, 2.75) is 39.2 Å². The summed E-state index contributed by atoms with van der Waals surface area (Å²) in [5.41, 5.74) is 4.22. The van der Waals surface area contributed by atoms with Gasteiger partial charge in [0.25, 0.3) is 0 Å². The van der Waals surface area contributed by atoms with Crippen LogP contribution in [-0.4, -0.2) is 28.4 Å². The van der Waals surface area contributed by atoms with Crippen molar-refractivity contribution in [1.29, 1.82) is 0 Å². The Morgan fingerprint density at radius 2 is 1.85 bits per heavy atom. The molecule has 2 aromatic carbocycles. The van der Waals surface area contributed by atoms with Gasteiger partial charge in [-0.2, -0.15) is 0 Å². The number of hydrogen-bond donors (Lipinski definition) is 1. The summed E-state index contributed by atoms with van der Waals surface area (Å²) in [4.78, 5) is 4.95. The average Bonchev–Trinajstić information content (AvgIpc) is 3.05. The van der Waals surface area contributed by atoms with E-state index in [9.17, 15) is 5.11 Å². The smallest absolute Gasteiger partial charge is 0.146 e. The number of rotatable bonds is 7. The number of aromatic nitrogens is 2. The minimum atomic E-state index is 0.192. The highest BCUT2D eigenvalue weighted by atomic mass is 79.9. The number of halogens is 2. The van der Waals surface area contributed by atoms with Gasteiger partial charge >= 0.3 is 0 Å². The fraction of sp³-hybridized carbons (Fsp3) is 0.381. The molecule has 0 aliphatic carbocycles. The average molecular weight is 496 g/mol. The highest BCUT2D eigenvalue weighted by molar-refractivity contribution is 9.13. The van der Waals surface area contributed by atoms with Crippen molar-refractivity contribution in [2.24, 2.45) is 0 Å². The molecule has 4 nitrogen and oxygen atoms in total. The van der Waals surface area contributed by atoms with Gasteiger partial charge in [0.15, 0.2) is 0 Å². The fourth-order valence-corrected chi connectivity index (χ4v) is 3.99. The molecule has 1 N–H and O–H groups in total. The van der Waals surface area contributed by atoms with Crippen LogP contribution in [0.25, 0.3) is 22.4 Å². The number of nitrogens with zero attached hydrogens (tertiary/aromatic N) is 2. The van der Waals surface area contributed by atoms with Gasteiger partial charge in [0.1, 0.15) is 22.6 Å². The molecule has 0 amide bonds. The van der Waals surface area contributed by atoms with Gasteiger partial charge in [-0.15, -0.1) is 0 Å². The maximum Gasteiger partial charge on any atom is 0.146 e. The van der Waals surface area contributed by atoms with Crippen molar-refractivity contribution in [2.75, 3.05) is 13.7 Å². The Hall–Kier alpha value is -1.37. The number of ether oxygens (including phenoxy) is 1. The highest BCUT2D eigenvalue weighted by Gasteiger charge is 2.20. The molecule has 0 aliphatic heterocycles. The molecule has 0 unspecified atom stereocenters. The Morgan fingerprint density at radius 3 is 2.44 bits per heavy atom. The quantitative estimate of drug-likeness (QED) is 0.401. The zero-order valence-electron chi connectivity index (χ0n) is 15.8. The summed E-state index contributed by atoms with van der Waals surface area (Å²) in [7, 11) is 1.68. The Morgan fingerprint density at radius 1 is 1.15 bits per heavy atom. The number of fused-ring (bicyclic) bond motifs is 1. The van der Waals surface area contributed by atoms with Crippen molar-refractivity contribution < 1.29 is 9.84 Å². The largest absolute Gasteiger partial charge is 0.494 e. The second-order valence-electron chi connectivity index (χ2n) is 6.87. The number of aryl methyl sites for hydroxylation is 1. The molecular weight excluding hydrogens is 472 g/mol. The van der Waals surface area contributed by atoms with Gasteiger partial charge in [-0.3, -0.25) is 0 Å². The minimum Gasteiger partial charge on any atom is -0.494 e. The van der Waals surface area contributed by atoms with E-state index in [1.54, 1.807) is 7.11 Å². The number of methoxy groups -OCH3 is 1. The Balaban J connectivity index is 2.20. The second kappa shape index (κ2) is 8.76. The van der Waals surface area contributed by atoms with Crippen LogP contribution in [0.5, 0.6) is 5.75 Å². The van der Waals surface area contributed by atoms with Gasteiger partial charge < -0.3 is 14.4 Å². The molecule has 0 saturated carbocycles. The third kappa shape index (κ3) is 4.08. The zero-order valence-corrected chi connectivity index (χ0v) is 19.0. The van der Waals surface area contributed by atoms with E-state index < -0.39 is 0 Å². The standard InChI is InChI=1S/C21H24Br2N2O2/c1-13(2)14-6-8-15(9-7-14)21-24-19-18(23)16(22)12-17(27-3)20(19)25(21)10-4-5-11-26/h6-9,12-13,26H,4-5,10-11H2,1-3H3. The van der Waals surface area contributed by atoms with Gasteiger partial charge in [-0.05, 0) is 62.2 Å². The molecule has 0 aliphatic rings. The van der Waals surface area contributed by atoms with Crippen LogP contribution in [0, 0.1) is 0 Å². The SMILES string of the molecule is COc1cc(Br)c(Br)c2nc(-c3ccc(C(C)C)cc3)n(CCCCO)c12. The molecule has 3 rings (SSSR count). The Bertz CT molecular complexity index is 934. The van der Waals surface area contributed by atoms with E-state index in [1.165, 1.54) is 5.56 Å². The summed E-state index contributed by atoms with van der Waals surface area (Å²) >= 11 is 7.24. The molecular formula is C21H24Br2N2O2. The predicted molar refractivity (Wildman–Crippen MR) is 118 cm³/mol. The normalized spacial score (nSPS) is 11.5. The predicted octanol–water partition coefficient (Wildman–Crippen LogP) is 6.13. The van der Waals surface area contributed by atoms with Crippen molar-refractivity contribution in [3.63, 3.8) is 0 Å². The summed E-state index contributed by atoms with van der Waals surface area (Å²) in [6.07, 6.45) is 1.63. The van der Waals surface area contributed by atoms with Crippen LogP contribution < -0.4 is 4.74 Å². The Kier molecular flexibility index (Phi) is 6.61. The summed E-state index contributed by atoms with van der Waals surface area (Å²) < 4.78 is 9.68. The number of hydrogen-bond acceptors (Lipinski definition) is 3. The monoisotopic (exact) mass is 494 g/mol. The third-order valence-corrected chi connectivity index (χ3v) is 6.68. The van der Waals surface area contributed by atoms with E-state index in [2.05, 4.69) is 74.5 Å². The number of unbranched alkanes of at least 4 members (excludes halogenated alkanes) is 1. The van der Waals surface area contributed by atoms with E-state index in [1.807, 2.05) is 6.07 Å². The zero-order chi connectivity index (χ0) is 19.6. The lowest BCUT2D eigenvalue weighted by Crippen LogP contribution is -2.03. The first-order valence-corrected chi connectivity index (χ1v) is 10.7. The molecule has 0 radical (unpaired) electrons. The molecule has 0 fully saturated rings. The molecule has 27 heavy (non-hydrogen) atoms. The van der Waals surface area contributed by atoms with Crippen molar-refractivity contribution >= 4 is 42.9 Å². The van der Waals surface area contributed by atoms with Crippen LogP contribution in [0.3, 0.4) is 0 Å². The molecule has 0 saturated heterocycles. The lowest BCUT2D eigenvalue weighted by Gasteiger charge is -2.12. The van der Waals surface area contributed by atoms with Gasteiger partial charge in [-0.25, -0.2) is 4.98 Å². The van der Waals surface area contributed by atoms with Crippen LogP contribution in [-0.2, 0) is 6.54 Å². The van der Waals surface area contributed by atoms with Gasteiger partial charge in [0.05, 0.1) is 11.6 Å². The molecule has 144 valence electrons. The number of imidazole rings is 1. The van der Waals surface area contributed by atoms with Crippen molar-refractivity contribution in [3.8, 4) is 17.1 Å². The summed E-state index contributed by atoms with van der Waals surface area (Å²) in [5.74, 6) is 2.18. The van der Waals surface area contributed by atoms with Gasteiger partial charge in [0.2, 0.25) is 0 Å². The molecule has 0 spiro atoms. The van der Waals surface area contributed by atoms with E-state index in [4.69, 9.17) is 9.72 Å². The molecule has 0 bridgehead atoms. The van der Waals surface area contributed by atoms with Crippen LogP contribution in [0.2, 0.25) is 0 Å². The molecule has 1 heterocycles. The van der Waals surface area contributed by atoms with Crippen LogP contribution in [0.1, 0.15) is 38.2 Å². The Labute approximate surface area is 176 Å². The molecule has 6 heteroatoms. The summed E-state index contributed by atoms with van der Waals surface area (Å²) in [6.45, 7) is 5.34. The van der Waals surface area contributed by atoms with Crippen molar-refractivity contribution in [1.82, 2.24) is 9.55 Å². The first-order chi connectivity index (χ1) is 13.0. The van der Waals surface area contributed by atoms with Gasteiger partial charge in [-0.1, -0.05) is 38.1 Å². The number of aliphatic hydroxyl groups excluding tert-OH is 1. The molecule has 0 atom stereocenters. The topological polar surface area (TPSA) is 47.3 Å². The van der Waals surface area contributed by atoms with E-state index in [-0.39, 0.29) is 6.61 Å². The second-order valence-corrected chi connectivity index (χ2v) is 8.51.